The van der Waals surface area contributed by atoms with Crippen LogP contribution in [0.25, 0.3) is 22.2 Å². The second-order valence-corrected chi connectivity index (χ2v) is 7.92. The predicted molar refractivity (Wildman–Crippen MR) is 111 cm³/mol. The third-order valence-corrected chi connectivity index (χ3v) is 5.81. The molecule has 5 nitrogen and oxygen atoms in total. The zero-order valence-electron chi connectivity index (χ0n) is 16.6. The van der Waals surface area contributed by atoms with E-state index < -0.39 is 11.6 Å². The fourth-order valence-corrected chi connectivity index (χ4v) is 4.34. The first-order valence-corrected chi connectivity index (χ1v) is 9.98. The number of carbonyl (C=O) groups is 1. The number of H-pyrrole nitrogens is 1. The van der Waals surface area contributed by atoms with Crippen LogP contribution in [0.15, 0.2) is 48.7 Å². The maximum atomic E-state index is 14.5. The Bertz CT molecular complexity index is 1290. The van der Waals surface area contributed by atoms with Crippen LogP contribution >= 0.6 is 0 Å². The van der Waals surface area contributed by atoms with E-state index in [1.165, 1.54) is 25.1 Å². The molecular weight excluding hydrogens is 405 g/mol. The summed E-state index contributed by atoms with van der Waals surface area (Å²) in [5.74, 6) is -1.32. The van der Waals surface area contributed by atoms with E-state index in [0.29, 0.717) is 22.5 Å². The van der Waals surface area contributed by atoms with Crippen LogP contribution in [-0.4, -0.2) is 20.7 Å². The quantitative estimate of drug-likeness (QED) is 0.453. The molecule has 4 aromatic rings. The minimum atomic E-state index is -0.660. The molecule has 1 amide bonds. The van der Waals surface area contributed by atoms with Crippen molar-refractivity contribution in [2.75, 3.05) is 5.32 Å². The minimum absolute atomic E-state index is 0.0495. The van der Waals surface area contributed by atoms with Gasteiger partial charge in [-0.2, -0.15) is 5.10 Å². The number of hydrogen-bond donors (Lipinski definition) is 2. The molecule has 2 heterocycles. The number of benzene rings is 2. The molecular formula is C23H19F3N4O. The molecule has 1 aliphatic carbocycles. The van der Waals surface area contributed by atoms with Crippen molar-refractivity contribution in [3.05, 3.63) is 71.7 Å². The van der Waals surface area contributed by atoms with Crippen molar-refractivity contribution >= 4 is 22.6 Å². The van der Waals surface area contributed by atoms with E-state index in [1.807, 2.05) is 6.20 Å². The Balaban J connectivity index is 1.50. The van der Waals surface area contributed by atoms with Crippen molar-refractivity contribution in [1.82, 2.24) is 14.8 Å². The Morgan fingerprint density at radius 3 is 2.55 bits per heavy atom. The van der Waals surface area contributed by atoms with Crippen molar-refractivity contribution in [1.29, 1.82) is 0 Å². The van der Waals surface area contributed by atoms with Gasteiger partial charge in [0.05, 0.1) is 17.3 Å². The van der Waals surface area contributed by atoms with Crippen LogP contribution in [0, 0.1) is 17.5 Å². The van der Waals surface area contributed by atoms with Crippen molar-refractivity contribution < 1.29 is 18.0 Å². The number of hydrogen-bond acceptors (Lipinski definition) is 2. The fourth-order valence-electron chi connectivity index (χ4n) is 4.34. The summed E-state index contributed by atoms with van der Waals surface area (Å²) in [4.78, 5) is 14.3. The zero-order chi connectivity index (χ0) is 21.7. The van der Waals surface area contributed by atoms with Crippen LogP contribution in [0.2, 0.25) is 0 Å². The number of aromatic amines is 1. The van der Waals surface area contributed by atoms with Crippen LogP contribution in [0.4, 0.5) is 19.0 Å². The van der Waals surface area contributed by atoms with Crippen LogP contribution in [0.3, 0.4) is 0 Å². The number of nitrogens with one attached hydrogen (secondary N) is 2. The molecule has 0 bridgehead atoms. The summed E-state index contributed by atoms with van der Waals surface area (Å²) in [6, 6.07) is 9.98. The van der Waals surface area contributed by atoms with E-state index in [1.54, 1.807) is 22.9 Å². The van der Waals surface area contributed by atoms with Gasteiger partial charge in [-0.3, -0.25) is 9.48 Å². The lowest BCUT2D eigenvalue weighted by Crippen LogP contribution is -2.26. The minimum Gasteiger partial charge on any atom is -0.352 e. The molecule has 158 valence electrons. The molecule has 0 saturated heterocycles. The largest absolute Gasteiger partial charge is 0.352 e. The molecule has 0 spiro atoms. The average Bonchev–Trinajstić information content (AvgIpc) is 3.27. The third-order valence-electron chi connectivity index (χ3n) is 5.81. The van der Waals surface area contributed by atoms with E-state index in [9.17, 15) is 18.0 Å². The molecule has 0 radical (unpaired) electrons. The van der Waals surface area contributed by atoms with Gasteiger partial charge in [-0.15, -0.1) is 0 Å². The average molecular weight is 424 g/mol. The van der Waals surface area contributed by atoms with E-state index in [-0.39, 0.29) is 29.2 Å². The predicted octanol–water partition coefficient (Wildman–Crippen LogP) is 5.53. The summed E-state index contributed by atoms with van der Waals surface area (Å²) in [6.07, 6.45) is 3.25. The van der Waals surface area contributed by atoms with Crippen molar-refractivity contribution in [2.24, 2.45) is 0 Å². The van der Waals surface area contributed by atoms with Crippen LogP contribution in [0.1, 0.15) is 37.3 Å². The first kappa shape index (κ1) is 19.4. The second-order valence-electron chi connectivity index (χ2n) is 7.92. The van der Waals surface area contributed by atoms with Crippen molar-refractivity contribution in [2.45, 2.75) is 31.7 Å². The molecule has 2 aromatic carbocycles. The Morgan fingerprint density at radius 2 is 1.84 bits per heavy atom. The van der Waals surface area contributed by atoms with Gasteiger partial charge in [-0.25, -0.2) is 13.2 Å². The number of fused-ring (bicyclic) bond motifs is 1. The molecule has 31 heavy (non-hydrogen) atoms. The van der Waals surface area contributed by atoms with Crippen molar-refractivity contribution in [3.8, 4) is 11.3 Å². The number of aromatic nitrogens is 3. The van der Waals surface area contributed by atoms with E-state index >= 15 is 0 Å². The normalized spacial score (nSPS) is 18.2. The van der Waals surface area contributed by atoms with Gasteiger partial charge in [-0.05, 0) is 60.2 Å². The standard InChI is InChI=1S/C23H19F3N4O/c1-12(31)27-20-6-7-30(29-20)17-8-14(9-17)21-18-10-16(25)11-19(26)23(18)28-22(21)13-2-4-15(24)5-3-13/h2-7,10-11,14,17,28H,8-9H2,1H3,(H,27,29,31). The van der Waals surface area contributed by atoms with E-state index in [0.717, 1.165) is 24.5 Å². The highest BCUT2D eigenvalue weighted by Crippen LogP contribution is 2.50. The van der Waals surface area contributed by atoms with Crippen LogP contribution in [-0.2, 0) is 4.79 Å². The van der Waals surface area contributed by atoms with Gasteiger partial charge in [0.1, 0.15) is 17.5 Å². The van der Waals surface area contributed by atoms with Crippen molar-refractivity contribution in [3.63, 3.8) is 0 Å². The SMILES string of the molecule is CC(=O)Nc1ccn(C2CC(c3c(-c4ccc(F)cc4)[nH]c4c(F)cc(F)cc34)C2)n1. The molecule has 1 saturated carbocycles. The molecule has 0 unspecified atom stereocenters. The maximum absolute atomic E-state index is 14.5. The van der Waals surface area contributed by atoms with Gasteiger partial charge in [-0.1, -0.05) is 0 Å². The lowest BCUT2D eigenvalue weighted by atomic mass is 9.74. The van der Waals surface area contributed by atoms with Crippen LogP contribution < -0.4 is 5.32 Å². The Morgan fingerprint density at radius 1 is 1.10 bits per heavy atom. The summed E-state index contributed by atoms with van der Waals surface area (Å²) < 4.78 is 43.7. The number of halogens is 3. The molecule has 2 N–H and O–H groups in total. The number of amides is 1. The summed E-state index contributed by atoms with van der Waals surface area (Å²) in [5.41, 5.74) is 2.45. The Hall–Kier alpha value is -3.55. The Labute approximate surface area is 175 Å². The highest BCUT2D eigenvalue weighted by atomic mass is 19.1. The van der Waals surface area contributed by atoms with E-state index in [2.05, 4.69) is 15.4 Å². The first-order valence-electron chi connectivity index (χ1n) is 9.98. The van der Waals surface area contributed by atoms with Gasteiger partial charge in [0, 0.05) is 30.6 Å². The molecule has 0 atom stereocenters. The van der Waals surface area contributed by atoms with Gasteiger partial charge in [0.15, 0.2) is 5.82 Å². The van der Waals surface area contributed by atoms with Crippen LogP contribution in [0.5, 0.6) is 0 Å². The van der Waals surface area contributed by atoms with Gasteiger partial charge in [0.2, 0.25) is 5.91 Å². The van der Waals surface area contributed by atoms with E-state index in [4.69, 9.17) is 0 Å². The highest BCUT2D eigenvalue weighted by molar-refractivity contribution is 5.92. The topological polar surface area (TPSA) is 62.7 Å². The molecule has 1 aliphatic rings. The monoisotopic (exact) mass is 424 g/mol. The van der Waals surface area contributed by atoms with Gasteiger partial charge >= 0.3 is 0 Å². The maximum Gasteiger partial charge on any atom is 0.222 e. The van der Waals surface area contributed by atoms with Gasteiger partial charge in [0.25, 0.3) is 0 Å². The smallest absolute Gasteiger partial charge is 0.222 e. The van der Waals surface area contributed by atoms with Gasteiger partial charge < -0.3 is 10.3 Å². The highest BCUT2D eigenvalue weighted by Gasteiger charge is 2.36. The lowest BCUT2D eigenvalue weighted by molar-refractivity contribution is -0.114. The Kier molecular flexibility index (Phi) is 4.57. The third kappa shape index (κ3) is 3.48. The summed E-state index contributed by atoms with van der Waals surface area (Å²) >= 11 is 0. The summed E-state index contributed by atoms with van der Waals surface area (Å²) in [7, 11) is 0. The number of nitrogens with zero attached hydrogens (tertiary/aromatic N) is 2. The number of anilines is 1. The summed E-state index contributed by atoms with van der Waals surface area (Å²) in [5, 5.41) is 7.53. The molecule has 1 fully saturated rings. The molecule has 5 rings (SSSR count). The molecule has 2 aromatic heterocycles. The number of carbonyl (C=O) groups excluding carboxylic acids is 1. The fraction of sp³-hybridized carbons (Fsp3) is 0.217. The zero-order valence-corrected chi connectivity index (χ0v) is 16.6. The summed E-state index contributed by atoms with van der Waals surface area (Å²) in [6.45, 7) is 1.42. The lowest BCUT2D eigenvalue weighted by Gasteiger charge is -2.36. The number of rotatable bonds is 4. The second kappa shape index (κ2) is 7.30. The molecule has 8 heteroatoms. The first-order chi connectivity index (χ1) is 14.9. The molecule has 0 aliphatic heterocycles.